The summed E-state index contributed by atoms with van der Waals surface area (Å²) < 4.78 is 27.3. The highest BCUT2D eigenvalue weighted by Gasteiger charge is 2.16. The predicted octanol–water partition coefficient (Wildman–Crippen LogP) is 3.60. The molecule has 2 unspecified atom stereocenters. The number of benzene rings is 2. The van der Waals surface area contributed by atoms with Crippen molar-refractivity contribution in [3.63, 3.8) is 0 Å². The molecular formula is C18H25ClN2O2S. The summed E-state index contributed by atoms with van der Waals surface area (Å²) in [5, 5.41) is 0. The molecule has 0 heterocycles. The number of rotatable bonds is 7. The summed E-state index contributed by atoms with van der Waals surface area (Å²) in [6.07, 6.45) is 1.02. The maximum Gasteiger partial charge on any atom is 0.240 e. The Morgan fingerprint density at radius 1 is 1.00 bits per heavy atom. The average molecular weight is 369 g/mol. The lowest BCUT2D eigenvalue weighted by atomic mass is 9.99. The molecule has 0 amide bonds. The summed E-state index contributed by atoms with van der Waals surface area (Å²) in [5.41, 5.74) is 8.09. The van der Waals surface area contributed by atoms with Crippen molar-refractivity contribution in [3.8, 4) is 0 Å². The Kier molecular flexibility index (Phi) is 7.90. The first-order chi connectivity index (χ1) is 10.9. The first kappa shape index (κ1) is 20.6. The van der Waals surface area contributed by atoms with E-state index in [1.54, 1.807) is 12.1 Å². The summed E-state index contributed by atoms with van der Waals surface area (Å²) in [6, 6.07) is 16.1. The molecular weight excluding hydrogens is 344 g/mol. The second-order valence-electron chi connectivity index (χ2n) is 5.75. The third kappa shape index (κ3) is 5.31. The van der Waals surface area contributed by atoms with E-state index < -0.39 is 10.0 Å². The molecule has 0 bridgehead atoms. The fraction of sp³-hybridized carbons (Fsp3) is 0.333. The maximum atomic E-state index is 12.4. The molecule has 6 heteroatoms. The number of hydrogen-bond donors (Lipinski definition) is 2. The van der Waals surface area contributed by atoms with Crippen molar-refractivity contribution in [1.29, 1.82) is 0 Å². The van der Waals surface area contributed by atoms with E-state index in [1.165, 1.54) is 0 Å². The zero-order valence-corrected chi connectivity index (χ0v) is 15.6. The maximum absolute atomic E-state index is 12.4. The van der Waals surface area contributed by atoms with Crippen molar-refractivity contribution in [2.24, 2.45) is 5.73 Å². The minimum absolute atomic E-state index is 0. The lowest BCUT2D eigenvalue weighted by molar-refractivity contribution is 0.572. The fourth-order valence-electron chi connectivity index (χ4n) is 2.31. The van der Waals surface area contributed by atoms with E-state index in [2.05, 4.69) is 18.6 Å². The quantitative estimate of drug-likeness (QED) is 0.784. The Labute approximate surface area is 150 Å². The Hall–Kier alpha value is -1.40. The van der Waals surface area contributed by atoms with Crippen LogP contribution in [-0.4, -0.2) is 15.0 Å². The number of sulfonamides is 1. The first-order valence-corrected chi connectivity index (χ1v) is 9.32. The van der Waals surface area contributed by atoms with Gasteiger partial charge < -0.3 is 5.73 Å². The van der Waals surface area contributed by atoms with Crippen LogP contribution in [0.2, 0.25) is 0 Å². The molecule has 0 aromatic heterocycles. The lowest BCUT2D eigenvalue weighted by Gasteiger charge is -2.14. The van der Waals surface area contributed by atoms with E-state index in [0.29, 0.717) is 5.92 Å². The van der Waals surface area contributed by atoms with Crippen LogP contribution in [0.3, 0.4) is 0 Å². The van der Waals surface area contributed by atoms with Gasteiger partial charge in [-0.25, -0.2) is 13.1 Å². The highest BCUT2D eigenvalue weighted by molar-refractivity contribution is 7.89. The van der Waals surface area contributed by atoms with Gasteiger partial charge in [-0.2, -0.15) is 0 Å². The third-order valence-corrected chi connectivity index (χ3v) is 5.53. The first-order valence-electron chi connectivity index (χ1n) is 7.84. The summed E-state index contributed by atoms with van der Waals surface area (Å²) in [4.78, 5) is 0.268. The molecule has 132 valence electrons. The van der Waals surface area contributed by atoms with Gasteiger partial charge in [0.25, 0.3) is 0 Å². The minimum Gasteiger partial charge on any atom is -0.323 e. The Bertz CT molecular complexity index is 718. The number of hydrogen-bond acceptors (Lipinski definition) is 3. The molecule has 2 aromatic rings. The molecule has 2 atom stereocenters. The van der Waals surface area contributed by atoms with Crippen LogP contribution in [0.5, 0.6) is 0 Å². The van der Waals surface area contributed by atoms with Gasteiger partial charge in [-0.1, -0.05) is 56.3 Å². The molecule has 2 rings (SSSR count). The summed E-state index contributed by atoms with van der Waals surface area (Å²) in [7, 11) is -3.54. The molecule has 0 radical (unpaired) electrons. The number of halogens is 1. The topological polar surface area (TPSA) is 72.2 Å². The Morgan fingerprint density at radius 3 is 2.12 bits per heavy atom. The van der Waals surface area contributed by atoms with Gasteiger partial charge in [0.1, 0.15) is 0 Å². The number of nitrogens with one attached hydrogen (secondary N) is 1. The highest BCUT2D eigenvalue weighted by Crippen LogP contribution is 2.20. The monoisotopic (exact) mass is 368 g/mol. The van der Waals surface area contributed by atoms with Crippen molar-refractivity contribution in [2.45, 2.75) is 37.1 Å². The Balaban J connectivity index is 0.00000288. The van der Waals surface area contributed by atoms with Crippen LogP contribution >= 0.6 is 12.4 Å². The van der Waals surface area contributed by atoms with Crippen molar-refractivity contribution in [2.75, 3.05) is 6.54 Å². The molecule has 0 aliphatic carbocycles. The van der Waals surface area contributed by atoms with E-state index in [4.69, 9.17) is 5.73 Å². The van der Waals surface area contributed by atoms with Gasteiger partial charge in [-0.05, 0) is 35.6 Å². The summed E-state index contributed by atoms with van der Waals surface area (Å²) in [5.74, 6) is 0.422. The minimum atomic E-state index is -3.54. The van der Waals surface area contributed by atoms with Crippen LogP contribution in [0.15, 0.2) is 59.5 Å². The Morgan fingerprint density at radius 2 is 1.58 bits per heavy atom. The van der Waals surface area contributed by atoms with Gasteiger partial charge in [0.05, 0.1) is 4.90 Å². The van der Waals surface area contributed by atoms with Gasteiger partial charge in [-0.3, -0.25) is 0 Å². The second kappa shape index (κ2) is 9.18. The molecule has 0 saturated heterocycles. The molecule has 0 spiro atoms. The van der Waals surface area contributed by atoms with Gasteiger partial charge in [0, 0.05) is 12.6 Å². The third-order valence-electron chi connectivity index (χ3n) is 4.09. The summed E-state index contributed by atoms with van der Waals surface area (Å²) in [6.45, 7) is 4.40. The van der Waals surface area contributed by atoms with E-state index in [9.17, 15) is 8.42 Å². The van der Waals surface area contributed by atoms with Crippen molar-refractivity contribution >= 4 is 22.4 Å². The van der Waals surface area contributed by atoms with Crippen LogP contribution in [0.4, 0.5) is 0 Å². The molecule has 24 heavy (non-hydrogen) atoms. The van der Waals surface area contributed by atoms with Gasteiger partial charge in [-0.15, -0.1) is 12.4 Å². The van der Waals surface area contributed by atoms with E-state index >= 15 is 0 Å². The molecule has 3 N–H and O–H groups in total. The van der Waals surface area contributed by atoms with Crippen LogP contribution < -0.4 is 10.5 Å². The van der Waals surface area contributed by atoms with Crippen LogP contribution in [-0.2, 0) is 10.0 Å². The molecule has 0 aliphatic heterocycles. The van der Waals surface area contributed by atoms with Crippen molar-refractivity contribution in [3.05, 3.63) is 65.7 Å². The standard InChI is InChI=1S/C18H24N2O2S.ClH/c1-3-14(2)15-9-11-17(12-10-15)23(21,22)20-13-18(19)16-7-5-4-6-8-16;/h4-12,14,18,20H,3,13,19H2,1-2H3;1H. The summed E-state index contributed by atoms with van der Waals surface area (Å²) >= 11 is 0. The molecule has 4 nitrogen and oxygen atoms in total. The van der Waals surface area contributed by atoms with Crippen LogP contribution in [0.25, 0.3) is 0 Å². The largest absolute Gasteiger partial charge is 0.323 e. The zero-order valence-electron chi connectivity index (χ0n) is 14.0. The van der Waals surface area contributed by atoms with Crippen LogP contribution in [0.1, 0.15) is 43.4 Å². The predicted molar refractivity (Wildman–Crippen MR) is 101 cm³/mol. The average Bonchev–Trinajstić information content (AvgIpc) is 2.60. The molecule has 2 aromatic carbocycles. The normalized spacial score (nSPS) is 13.8. The lowest BCUT2D eigenvalue weighted by Crippen LogP contribution is -2.32. The zero-order chi connectivity index (χ0) is 16.9. The molecule has 0 fully saturated rings. The van der Waals surface area contributed by atoms with Gasteiger partial charge in [0.15, 0.2) is 0 Å². The fourth-order valence-corrected chi connectivity index (χ4v) is 3.37. The SMILES string of the molecule is CCC(C)c1ccc(S(=O)(=O)NCC(N)c2ccccc2)cc1.Cl. The van der Waals surface area contributed by atoms with E-state index in [0.717, 1.165) is 17.5 Å². The van der Waals surface area contributed by atoms with Crippen molar-refractivity contribution < 1.29 is 8.42 Å². The van der Waals surface area contributed by atoms with E-state index in [-0.39, 0.29) is 29.9 Å². The van der Waals surface area contributed by atoms with E-state index in [1.807, 2.05) is 42.5 Å². The number of nitrogens with two attached hydrogens (primary N) is 1. The molecule has 0 saturated carbocycles. The highest BCUT2D eigenvalue weighted by atomic mass is 35.5. The van der Waals surface area contributed by atoms with Crippen LogP contribution in [0, 0.1) is 0 Å². The van der Waals surface area contributed by atoms with Crippen molar-refractivity contribution in [1.82, 2.24) is 4.72 Å². The molecule has 0 aliphatic rings. The second-order valence-corrected chi connectivity index (χ2v) is 7.51. The van der Waals surface area contributed by atoms with Gasteiger partial charge >= 0.3 is 0 Å². The van der Waals surface area contributed by atoms with Gasteiger partial charge in [0.2, 0.25) is 10.0 Å². The smallest absolute Gasteiger partial charge is 0.240 e.